The zero-order valence-corrected chi connectivity index (χ0v) is 16.0. The van der Waals surface area contributed by atoms with E-state index in [-0.39, 0.29) is 11.8 Å². The molecule has 27 heavy (non-hydrogen) atoms. The standard InChI is InChI=1S/C22H24N4O/c1-14-10-17(8-9-23-14)26-20-11-16(6-7-18(20)22(2,3)21(26)27)25-12-19(24-13-25)15-4-5-15/h6,8-13,15,18H,4-5,7H2,1-3H3. The van der Waals surface area contributed by atoms with Gasteiger partial charge in [0.15, 0.2) is 0 Å². The Morgan fingerprint density at radius 3 is 2.78 bits per heavy atom. The van der Waals surface area contributed by atoms with Crippen molar-refractivity contribution in [3.63, 3.8) is 0 Å². The van der Waals surface area contributed by atoms with Crippen LogP contribution in [-0.2, 0) is 4.79 Å². The maximum atomic E-state index is 13.3. The summed E-state index contributed by atoms with van der Waals surface area (Å²) in [4.78, 5) is 24.0. The molecular weight excluding hydrogens is 336 g/mol. The summed E-state index contributed by atoms with van der Waals surface area (Å²) in [7, 11) is 0. The zero-order valence-electron chi connectivity index (χ0n) is 16.0. The van der Waals surface area contributed by atoms with Crippen LogP contribution in [0.25, 0.3) is 5.70 Å². The first-order valence-electron chi connectivity index (χ1n) is 9.68. The molecule has 1 saturated carbocycles. The third kappa shape index (κ3) is 2.56. The zero-order chi connectivity index (χ0) is 18.8. The number of fused-ring (bicyclic) bond motifs is 1. The summed E-state index contributed by atoms with van der Waals surface area (Å²) in [6.45, 7) is 6.07. The van der Waals surface area contributed by atoms with E-state index in [0.29, 0.717) is 5.92 Å². The summed E-state index contributed by atoms with van der Waals surface area (Å²) < 4.78 is 2.10. The fraction of sp³-hybridized carbons (Fsp3) is 0.409. The summed E-state index contributed by atoms with van der Waals surface area (Å²) in [5.74, 6) is 0.982. The predicted molar refractivity (Wildman–Crippen MR) is 105 cm³/mol. The highest BCUT2D eigenvalue weighted by molar-refractivity contribution is 6.04. The first kappa shape index (κ1) is 16.5. The minimum Gasteiger partial charge on any atom is -0.306 e. The first-order valence-corrected chi connectivity index (χ1v) is 9.68. The molecule has 2 aliphatic carbocycles. The molecule has 1 unspecified atom stereocenters. The van der Waals surface area contributed by atoms with Gasteiger partial charge in [0.2, 0.25) is 5.91 Å². The van der Waals surface area contributed by atoms with Gasteiger partial charge >= 0.3 is 0 Å². The van der Waals surface area contributed by atoms with Gasteiger partial charge in [-0.15, -0.1) is 0 Å². The minimum absolute atomic E-state index is 0.156. The quantitative estimate of drug-likeness (QED) is 0.821. The second-order valence-electron chi connectivity index (χ2n) is 8.48. The molecule has 0 spiro atoms. The van der Waals surface area contributed by atoms with E-state index in [0.717, 1.165) is 29.2 Å². The lowest BCUT2D eigenvalue weighted by atomic mass is 9.76. The lowest BCUT2D eigenvalue weighted by Crippen LogP contribution is -2.31. The number of aromatic nitrogens is 3. The largest absolute Gasteiger partial charge is 0.306 e. The topological polar surface area (TPSA) is 51.0 Å². The summed E-state index contributed by atoms with van der Waals surface area (Å²) in [6.07, 6.45) is 13.6. The van der Waals surface area contributed by atoms with Crippen LogP contribution in [0.5, 0.6) is 0 Å². The number of rotatable bonds is 3. The number of aryl methyl sites for hydroxylation is 1. The maximum absolute atomic E-state index is 13.3. The van der Waals surface area contributed by atoms with Gasteiger partial charge in [0.25, 0.3) is 0 Å². The number of hydrogen-bond acceptors (Lipinski definition) is 3. The van der Waals surface area contributed by atoms with Crippen LogP contribution in [0, 0.1) is 18.3 Å². The smallest absolute Gasteiger partial charge is 0.237 e. The number of carbonyl (C=O) groups excluding carboxylic acids is 1. The van der Waals surface area contributed by atoms with E-state index >= 15 is 0 Å². The number of pyridine rings is 1. The van der Waals surface area contributed by atoms with Gasteiger partial charge < -0.3 is 4.57 Å². The number of carbonyl (C=O) groups is 1. The number of imidazole rings is 1. The lowest BCUT2D eigenvalue weighted by molar-refractivity contribution is -0.125. The molecule has 5 rings (SSSR count). The number of nitrogens with zero attached hydrogens (tertiary/aromatic N) is 4. The van der Waals surface area contributed by atoms with Crippen molar-refractivity contribution in [3.8, 4) is 0 Å². The molecule has 1 atom stereocenters. The molecule has 138 valence electrons. The summed E-state index contributed by atoms with van der Waals surface area (Å²) in [5, 5.41) is 0. The molecule has 2 aromatic rings. The number of allylic oxidation sites excluding steroid dienone is 4. The Bertz CT molecular complexity index is 993. The van der Waals surface area contributed by atoms with Gasteiger partial charge in [-0.3, -0.25) is 14.7 Å². The van der Waals surface area contributed by atoms with E-state index in [1.54, 1.807) is 6.20 Å². The minimum atomic E-state index is -0.418. The van der Waals surface area contributed by atoms with E-state index in [4.69, 9.17) is 0 Å². The van der Waals surface area contributed by atoms with Crippen molar-refractivity contribution in [1.29, 1.82) is 0 Å². The number of amides is 1. The highest BCUT2D eigenvalue weighted by Crippen LogP contribution is 2.50. The normalized spacial score (nSPS) is 23.9. The van der Waals surface area contributed by atoms with Gasteiger partial charge in [-0.1, -0.05) is 19.9 Å². The van der Waals surface area contributed by atoms with Crippen LogP contribution in [0.2, 0.25) is 0 Å². The maximum Gasteiger partial charge on any atom is 0.237 e. The van der Waals surface area contributed by atoms with Crippen LogP contribution in [0.4, 0.5) is 5.69 Å². The molecule has 3 heterocycles. The predicted octanol–water partition coefficient (Wildman–Crippen LogP) is 4.28. The molecule has 1 saturated heterocycles. The molecule has 5 nitrogen and oxygen atoms in total. The van der Waals surface area contributed by atoms with Crippen molar-refractivity contribution in [2.24, 2.45) is 11.3 Å². The fourth-order valence-electron chi connectivity index (χ4n) is 4.29. The molecule has 3 aliphatic rings. The van der Waals surface area contributed by atoms with Crippen molar-refractivity contribution >= 4 is 17.3 Å². The van der Waals surface area contributed by atoms with E-state index in [1.807, 2.05) is 30.3 Å². The summed E-state index contributed by atoms with van der Waals surface area (Å²) in [5.41, 5.74) is 4.76. The molecule has 1 amide bonds. The van der Waals surface area contributed by atoms with Gasteiger partial charge in [-0.05, 0) is 44.4 Å². The van der Waals surface area contributed by atoms with Crippen molar-refractivity contribution in [1.82, 2.24) is 14.5 Å². The monoisotopic (exact) mass is 360 g/mol. The van der Waals surface area contributed by atoms with E-state index in [2.05, 4.69) is 46.7 Å². The van der Waals surface area contributed by atoms with Crippen LogP contribution in [0.15, 0.2) is 48.7 Å². The van der Waals surface area contributed by atoms with E-state index in [1.165, 1.54) is 18.5 Å². The van der Waals surface area contributed by atoms with Crippen LogP contribution < -0.4 is 4.90 Å². The summed E-state index contributed by atoms with van der Waals surface area (Å²) in [6, 6.07) is 3.90. The highest BCUT2D eigenvalue weighted by atomic mass is 16.2. The first-order chi connectivity index (χ1) is 12.9. The van der Waals surface area contributed by atoms with Crippen LogP contribution in [0.1, 0.15) is 50.4 Å². The Morgan fingerprint density at radius 1 is 1.22 bits per heavy atom. The Kier molecular flexibility index (Phi) is 3.45. The fourth-order valence-corrected chi connectivity index (χ4v) is 4.29. The van der Waals surface area contributed by atoms with Crippen molar-refractivity contribution in [3.05, 3.63) is 60.1 Å². The second-order valence-corrected chi connectivity index (χ2v) is 8.48. The van der Waals surface area contributed by atoms with E-state index in [9.17, 15) is 4.79 Å². The lowest BCUT2D eigenvalue weighted by Gasteiger charge is -2.26. The van der Waals surface area contributed by atoms with Crippen LogP contribution in [0.3, 0.4) is 0 Å². The van der Waals surface area contributed by atoms with Crippen molar-refractivity contribution < 1.29 is 4.79 Å². The molecule has 0 N–H and O–H groups in total. The van der Waals surface area contributed by atoms with Gasteiger partial charge in [0.1, 0.15) is 0 Å². The molecule has 1 aliphatic heterocycles. The number of hydrogen-bond donors (Lipinski definition) is 0. The van der Waals surface area contributed by atoms with Gasteiger partial charge in [-0.2, -0.15) is 0 Å². The third-order valence-corrected chi connectivity index (χ3v) is 6.13. The van der Waals surface area contributed by atoms with Crippen molar-refractivity contribution in [2.75, 3.05) is 4.90 Å². The summed E-state index contributed by atoms with van der Waals surface area (Å²) >= 11 is 0. The molecule has 0 aromatic carbocycles. The van der Waals surface area contributed by atoms with Crippen molar-refractivity contribution in [2.45, 2.75) is 46.0 Å². The van der Waals surface area contributed by atoms with Crippen LogP contribution in [-0.4, -0.2) is 20.4 Å². The molecule has 2 fully saturated rings. The Hall–Kier alpha value is -2.69. The second kappa shape index (κ2) is 5.65. The Labute approximate surface area is 159 Å². The average molecular weight is 360 g/mol. The van der Waals surface area contributed by atoms with Gasteiger partial charge in [0.05, 0.1) is 23.1 Å². The highest BCUT2D eigenvalue weighted by Gasteiger charge is 2.51. The number of anilines is 1. The molecular formula is C22H24N4O. The van der Waals surface area contributed by atoms with E-state index < -0.39 is 5.41 Å². The molecule has 0 bridgehead atoms. The molecule has 5 heteroatoms. The molecule has 2 aromatic heterocycles. The molecule has 0 radical (unpaired) electrons. The van der Waals surface area contributed by atoms with Gasteiger partial charge in [-0.25, -0.2) is 4.98 Å². The Balaban J connectivity index is 1.56. The van der Waals surface area contributed by atoms with Crippen LogP contribution >= 0.6 is 0 Å². The van der Waals surface area contributed by atoms with Gasteiger partial charge in [0, 0.05) is 41.3 Å². The third-order valence-electron chi connectivity index (χ3n) is 6.13. The average Bonchev–Trinajstić information content (AvgIpc) is 3.34. The SMILES string of the molecule is Cc1cc(N2C(=O)C(C)(C)C3CC=C(n4cnc(C5CC5)c4)C=C32)ccn1. The Morgan fingerprint density at radius 2 is 2.04 bits per heavy atom.